The highest BCUT2D eigenvalue weighted by Crippen LogP contribution is 2.35. The van der Waals surface area contributed by atoms with Gasteiger partial charge in [0.05, 0.1) is 23.6 Å². The van der Waals surface area contributed by atoms with Gasteiger partial charge in [-0.25, -0.2) is 12.4 Å². The van der Waals surface area contributed by atoms with Gasteiger partial charge in [-0.05, 0) is 49.4 Å². The van der Waals surface area contributed by atoms with Gasteiger partial charge in [-0.15, -0.1) is 0 Å². The van der Waals surface area contributed by atoms with Gasteiger partial charge >= 0.3 is 0 Å². The minimum atomic E-state index is -3.88. The first kappa shape index (κ1) is 24.4. The Labute approximate surface area is 227 Å². The van der Waals surface area contributed by atoms with E-state index >= 15 is 0 Å². The number of methoxy groups -OCH3 is 1. The van der Waals surface area contributed by atoms with Crippen LogP contribution in [0.15, 0.2) is 87.4 Å². The molecule has 0 saturated carbocycles. The van der Waals surface area contributed by atoms with Gasteiger partial charge in [0.2, 0.25) is 0 Å². The van der Waals surface area contributed by atoms with Crippen molar-refractivity contribution in [2.24, 2.45) is 4.99 Å². The monoisotopic (exact) mass is 590 g/mol. The molecular weight excluding hydrogens is 568 g/mol. The van der Waals surface area contributed by atoms with Crippen LogP contribution in [-0.4, -0.2) is 42.6 Å². The predicted molar refractivity (Wildman–Crippen MR) is 151 cm³/mol. The molecule has 2 aromatic heterocycles. The van der Waals surface area contributed by atoms with Crippen LogP contribution < -0.4 is 10.1 Å². The largest absolute Gasteiger partial charge is 0.497 e. The summed E-state index contributed by atoms with van der Waals surface area (Å²) in [6.45, 7) is 2.15. The molecule has 0 fully saturated rings. The van der Waals surface area contributed by atoms with Gasteiger partial charge in [-0.1, -0.05) is 39.7 Å². The molecule has 0 bridgehead atoms. The number of amides is 1. The van der Waals surface area contributed by atoms with Crippen LogP contribution in [-0.2, 0) is 14.8 Å². The number of nitrogens with zero attached hydrogens (tertiary/aromatic N) is 2. The van der Waals surface area contributed by atoms with E-state index in [0.29, 0.717) is 22.4 Å². The highest BCUT2D eigenvalue weighted by molar-refractivity contribution is 9.10. The molecule has 1 unspecified atom stereocenters. The number of nitrogens with one attached hydrogen (secondary N) is 2. The molecule has 192 valence electrons. The Morgan fingerprint density at radius 2 is 1.84 bits per heavy atom. The third-order valence-corrected chi connectivity index (χ3v) is 8.98. The van der Waals surface area contributed by atoms with Crippen molar-refractivity contribution in [2.45, 2.75) is 17.9 Å². The van der Waals surface area contributed by atoms with Crippen LogP contribution in [0.2, 0.25) is 0 Å². The number of rotatable bonds is 5. The number of carbonyl (C=O) groups is 1. The molecule has 1 amide bonds. The van der Waals surface area contributed by atoms with Crippen molar-refractivity contribution in [3.8, 4) is 5.75 Å². The molecule has 1 atom stereocenters. The molecule has 2 N–H and O–H groups in total. The minimum absolute atomic E-state index is 0.195. The summed E-state index contributed by atoms with van der Waals surface area (Å²) in [5, 5.41) is 4.50. The number of hydrogen-bond acceptors (Lipinski definition) is 5. The maximum atomic E-state index is 13.7. The van der Waals surface area contributed by atoms with Crippen LogP contribution in [0.1, 0.15) is 22.7 Å². The van der Waals surface area contributed by atoms with Crippen molar-refractivity contribution in [3.63, 3.8) is 0 Å². The number of benzene rings is 3. The number of fused-ring (bicyclic) bond motifs is 2. The first-order chi connectivity index (χ1) is 18.3. The Balaban J connectivity index is 1.51. The maximum absolute atomic E-state index is 13.7. The second-order valence-electron chi connectivity index (χ2n) is 9.18. The van der Waals surface area contributed by atoms with Crippen molar-refractivity contribution in [3.05, 3.63) is 94.2 Å². The molecule has 10 heteroatoms. The van der Waals surface area contributed by atoms with E-state index in [4.69, 9.17) is 9.73 Å². The lowest BCUT2D eigenvalue weighted by molar-refractivity contribution is -0.115. The van der Waals surface area contributed by atoms with Crippen LogP contribution >= 0.6 is 15.9 Å². The highest BCUT2D eigenvalue weighted by atomic mass is 79.9. The van der Waals surface area contributed by atoms with Gasteiger partial charge in [-0.2, -0.15) is 0 Å². The predicted octanol–water partition coefficient (Wildman–Crippen LogP) is 5.10. The Bertz CT molecular complexity index is 1870. The van der Waals surface area contributed by atoms with E-state index in [-0.39, 0.29) is 23.1 Å². The van der Waals surface area contributed by atoms with E-state index < -0.39 is 16.1 Å². The third-order valence-electron chi connectivity index (χ3n) is 6.80. The number of aromatic nitrogens is 2. The van der Waals surface area contributed by atoms with E-state index in [9.17, 15) is 13.2 Å². The molecular formula is C28H23BrN4O4S. The number of H-pyrrole nitrogens is 1. The average Bonchev–Trinajstić information content (AvgIpc) is 3.50. The Hall–Kier alpha value is -3.89. The number of halogens is 1. The van der Waals surface area contributed by atoms with Crippen molar-refractivity contribution in [2.75, 3.05) is 13.7 Å². The van der Waals surface area contributed by atoms with Crippen molar-refractivity contribution in [1.29, 1.82) is 0 Å². The topological polar surface area (TPSA) is 106 Å². The molecule has 1 aliphatic heterocycles. The second-order valence-corrected chi connectivity index (χ2v) is 11.9. The Kier molecular flexibility index (Phi) is 5.88. The normalized spacial score (nSPS) is 16.0. The second kappa shape index (κ2) is 9.14. The molecule has 0 saturated heterocycles. The van der Waals surface area contributed by atoms with E-state index in [1.54, 1.807) is 49.8 Å². The summed E-state index contributed by atoms with van der Waals surface area (Å²) in [5.41, 5.74) is 3.99. The summed E-state index contributed by atoms with van der Waals surface area (Å²) >= 11 is 3.48. The molecule has 0 radical (unpaired) electrons. The van der Waals surface area contributed by atoms with Crippen LogP contribution in [0.4, 0.5) is 0 Å². The number of aliphatic imine (C=N–C) groups is 1. The van der Waals surface area contributed by atoms with Crippen LogP contribution in [0.5, 0.6) is 5.75 Å². The summed E-state index contributed by atoms with van der Waals surface area (Å²) < 4.78 is 34.8. The lowest BCUT2D eigenvalue weighted by Gasteiger charge is -2.21. The van der Waals surface area contributed by atoms with E-state index in [1.165, 1.54) is 3.97 Å². The molecule has 0 aliphatic carbocycles. The third kappa shape index (κ3) is 4.00. The van der Waals surface area contributed by atoms with Gasteiger partial charge in [0.15, 0.2) is 0 Å². The average molecular weight is 591 g/mol. The highest BCUT2D eigenvalue weighted by Gasteiger charge is 2.30. The fraction of sp³-hybridized carbons (Fsp3) is 0.143. The van der Waals surface area contributed by atoms with Gasteiger partial charge in [-0.3, -0.25) is 9.79 Å². The van der Waals surface area contributed by atoms with Crippen LogP contribution in [0.25, 0.3) is 21.8 Å². The number of aryl methyl sites for hydroxylation is 1. The first-order valence-electron chi connectivity index (χ1n) is 11.9. The zero-order valence-corrected chi connectivity index (χ0v) is 22.9. The fourth-order valence-corrected chi connectivity index (χ4v) is 6.53. The van der Waals surface area contributed by atoms with E-state index in [2.05, 4.69) is 26.2 Å². The van der Waals surface area contributed by atoms with Crippen LogP contribution in [0, 0.1) is 6.92 Å². The summed E-state index contributed by atoms with van der Waals surface area (Å²) in [7, 11) is -2.29. The van der Waals surface area contributed by atoms with Crippen LogP contribution in [0.3, 0.4) is 0 Å². The standard InChI is InChI=1S/C28H23BrN4O4S/c1-16-3-7-19(8-4-16)38(35,36)33-15-23(20-9-5-17(29)11-26(20)33)25-14-31-28(34)27(32-25)22-13-30-24-10-6-18(37-2)12-21(22)24/h3-13,15,25,30H,14H2,1-2H3,(H,31,34). The Morgan fingerprint density at radius 1 is 1.05 bits per heavy atom. The zero-order valence-electron chi connectivity index (χ0n) is 20.5. The van der Waals surface area contributed by atoms with Gasteiger partial charge in [0, 0.05) is 50.8 Å². The SMILES string of the molecule is COc1ccc2[nH]cc(C3=NC(c4cn(S(=O)(=O)c5ccc(C)cc5)c5cc(Br)ccc45)CNC3=O)c2c1. The van der Waals surface area contributed by atoms with Gasteiger partial charge < -0.3 is 15.0 Å². The smallest absolute Gasteiger partial charge is 0.270 e. The molecule has 1 aliphatic rings. The van der Waals surface area contributed by atoms with Crippen molar-refractivity contribution < 1.29 is 17.9 Å². The molecule has 3 heterocycles. The Morgan fingerprint density at radius 3 is 2.61 bits per heavy atom. The van der Waals surface area contributed by atoms with Crippen molar-refractivity contribution in [1.82, 2.24) is 14.3 Å². The number of aromatic amines is 1. The minimum Gasteiger partial charge on any atom is -0.497 e. The number of carbonyl (C=O) groups excluding carboxylic acids is 1. The molecule has 0 spiro atoms. The maximum Gasteiger partial charge on any atom is 0.270 e. The molecule has 3 aromatic carbocycles. The first-order valence-corrected chi connectivity index (χ1v) is 14.1. The summed E-state index contributed by atoms with van der Waals surface area (Å²) in [6, 6.07) is 17.4. The van der Waals surface area contributed by atoms with Crippen molar-refractivity contribution >= 4 is 59.4 Å². The van der Waals surface area contributed by atoms with E-state index in [0.717, 1.165) is 26.3 Å². The fourth-order valence-electron chi connectivity index (χ4n) is 4.81. The van der Waals surface area contributed by atoms with Gasteiger partial charge in [0.1, 0.15) is 11.5 Å². The quantitative estimate of drug-likeness (QED) is 0.297. The van der Waals surface area contributed by atoms with Gasteiger partial charge in [0.25, 0.3) is 15.9 Å². The molecule has 5 aromatic rings. The molecule has 6 rings (SSSR count). The summed E-state index contributed by atoms with van der Waals surface area (Å²) in [4.78, 5) is 21.2. The van der Waals surface area contributed by atoms with E-state index in [1.807, 2.05) is 37.3 Å². The summed E-state index contributed by atoms with van der Waals surface area (Å²) in [5.74, 6) is 0.380. The molecule has 38 heavy (non-hydrogen) atoms. The molecule has 8 nitrogen and oxygen atoms in total. The number of ether oxygens (including phenoxy) is 1. The lowest BCUT2D eigenvalue weighted by atomic mass is 10.0. The lowest BCUT2D eigenvalue weighted by Crippen LogP contribution is -2.39. The summed E-state index contributed by atoms with van der Waals surface area (Å²) in [6.07, 6.45) is 3.38. The zero-order chi connectivity index (χ0) is 26.6. The number of hydrogen-bond donors (Lipinski definition) is 2.